The van der Waals surface area contributed by atoms with Crippen LogP contribution in [0.2, 0.25) is 0 Å². The van der Waals surface area contributed by atoms with Crippen molar-refractivity contribution >= 4 is 10.8 Å². The van der Waals surface area contributed by atoms with Crippen LogP contribution in [0.1, 0.15) is 53.9 Å². The Morgan fingerprint density at radius 3 is 2.70 bits per heavy atom. The molecule has 2 nitrogen and oxygen atoms in total. The Morgan fingerprint density at radius 1 is 1.43 bits per heavy atom. The first kappa shape index (κ1) is 18.4. The second-order valence-electron chi connectivity index (χ2n) is 7.55. The van der Waals surface area contributed by atoms with E-state index in [0.717, 1.165) is 11.1 Å². The zero-order chi connectivity index (χ0) is 17.2. The average molecular weight is 335 g/mol. The van der Waals surface area contributed by atoms with Crippen molar-refractivity contribution in [2.45, 2.75) is 64.4 Å². The van der Waals surface area contributed by atoms with Gasteiger partial charge >= 0.3 is 0 Å². The maximum atomic E-state index is 12.4. The molecule has 1 aliphatic carbocycles. The molecule has 1 N–H and O–H groups in total. The van der Waals surface area contributed by atoms with Crippen molar-refractivity contribution < 1.29 is 9.32 Å². The van der Waals surface area contributed by atoms with Crippen LogP contribution in [0, 0.1) is 5.41 Å². The molecule has 3 atom stereocenters. The molecule has 0 saturated carbocycles. The lowest BCUT2D eigenvalue weighted by molar-refractivity contribution is 0.303. The minimum absolute atomic E-state index is 0.0333. The quantitative estimate of drug-likeness (QED) is 0.609. The zero-order valence-electron chi connectivity index (χ0n) is 15.1. The van der Waals surface area contributed by atoms with Crippen molar-refractivity contribution in [3.8, 4) is 0 Å². The summed E-state index contributed by atoms with van der Waals surface area (Å²) in [4.78, 5) is 0. The summed E-state index contributed by atoms with van der Waals surface area (Å²) in [6.07, 6.45) is 12.2. The first-order chi connectivity index (χ1) is 10.8. The summed E-state index contributed by atoms with van der Waals surface area (Å²) in [5.41, 5.74) is 5.35. The third kappa shape index (κ3) is 4.13. The third-order valence-electron chi connectivity index (χ3n) is 5.13. The highest BCUT2D eigenvalue weighted by atomic mass is 32.2. The lowest BCUT2D eigenvalue weighted by atomic mass is 9.72. The molecule has 0 amide bonds. The number of hydrogen-bond donors (Lipinski definition) is 1. The fourth-order valence-electron chi connectivity index (χ4n) is 3.68. The standard InChI is InChI=1S/C20H30O2S/c1-14(11-17-12-16(3)19(13-21)23(17)22)8-9-18-15(2)7-6-10-20(18,4)5/h8-9,11-12,17,19,21H,6-7,10,13H2,1-5H3/b9-8+,14-11+. The Kier molecular flexibility index (Phi) is 5.85. The highest BCUT2D eigenvalue weighted by molar-refractivity contribution is 7.87. The number of rotatable bonds is 4. The molecule has 3 heteroatoms. The molecule has 1 heterocycles. The fraction of sp³-hybridized carbons (Fsp3) is 0.600. The summed E-state index contributed by atoms with van der Waals surface area (Å²) in [7, 11) is -1.04. The normalized spacial score (nSPS) is 31.8. The molecule has 2 rings (SSSR count). The van der Waals surface area contributed by atoms with Crippen molar-refractivity contribution in [3.05, 3.63) is 46.6 Å². The minimum atomic E-state index is -1.04. The van der Waals surface area contributed by atoms with Gasteiger partial charge in [-0.25, -0.2) is 0 Å². The van der Waals surface area contributed by atoms with E-state index in [9.17, 15) is 9.32 Å². The molecule has 128 valence electrons. The highest BCUT2D eigenvalue weighted by Crippen LogP contribution is 2.40. The van der Waals surface area contributed by atoms with Crippen molar-refractivity contribution in [1.82, 2.24) is 0 Å². The van der Waals surface area contributed by atoms with E-state index in [1.165, 1.54) is 30.4 Å². The Hall–Kier alpha value is -0.930. The smallest absolute Gasteiger partial charge is 0.0795 e. The molecule has 3 unspecified atom stereocenters. The average Bonchev–Trinajstić information content (AvgIpc) is 2.71. The summed E-state index contributed by atoms with van der Waals surface area (Å²) in [6, 6.07) is 0. The van der Waals surface area contributed by atoms with E-state index in [-0.39, 0.29) is 22.5 Å². The first-order valence-electron chi connectivity index (χ1n) is 8.51. The second-order valence-corrected chi connectivity index (χ2v) is 9.32. The second kappa shape index (κ2) is 7.31. The molecule has 0 aromatic rings. The minimum Gasteiger partial charge on any atom is -0.395 e. The van der Waals surface area contributed by atoms with Crippen molar-refractivity contribution in [1.29, 1.82) is 0 Å². The van der Waals surface area contributed by atoms with Gasteiger partial charge < -0.3 is 5.11 Å². The molecule has 0 bridgehead atoms. The topological polar surface area (TPSA) is 37.3 Å². The van der Waals surface area contributed by atoms with Gasteiger partial charge in [0.1, 0.15) is 0 Å². The first-order valence-corrected chi connectivity index (χ1v) is 9.79. The number of allylic oxidation sites excluding steroid dienone is 5. The highest BCUT2D eigenvalue weighted by Gasteiger charge is 2.30. The van der Waals surface area contributed by atoms with Gasteiger partial charge in [0.25, 0.3) is 0 Å². The number of aliphatic hydroxyl groups excluding tert-OH is 1. The van der Waals surface area contributed by atoms with Crippen molar-refractivity contribution in [2.75, 3.05) is 6.61 Å². The van der Waals surface area contributed by atoms with Crippen LogP contribution in [-0.2, 0) is 10.8 Å². The largest absolute Gasteiger partial charge is 0.395 e. The van der Waals surface area contributed by atoms with Crippen LogP contribution in [0.4, 0.5) is 0 Å². The zero-order valence-corrected chi connectivity index (χ0v) is 15.9. The molecular formula is C20H30O2S. The number of aliphatic hydroxyl groups is 1. The van der Waals surface area contributed by atoms with Crippen LogP contribution < -0.4 is 0 Å². The Balaban J connectivity index is 2.16. The Morgan fingerprint density at radius 2 is 2.13 bits per heavy atom. The lowest BCUT2D eigenvalue weighted by Crippen LogP contribution is -2.21. The Labute approximate surface area is 143 Å². The van der Waals surface area contributed by atoms with Crippen molar-refractivity contribution in [3.63, 3.8) is 0 Å². The molecule has 0 spiro atoms. The predicted octanol–water partition coefficient (Wildman–Crippen LogP) is 4.45. The van der Waals surface area contributed by atoms with Gasteiger partial charge in [-0.05, 0) is 51.0 Å². The van der Waals surface area contributed by atoms with E-state index in [1.54, 1.807) is 0 Å². The van der Waals surface area contributed by atoms with Gasteiger partial charge in [0.15, 0.2) is 0 Å². The van der Waals surface area contributed by atoms with Crippen LogP contribution >= 0.6 is 0 Å². The summed E-state index contributed by atoms with van der Waals surface area (Å²) < 4.78 is 12.4. The van der Waals surface area contributed by atoms with Crippen LogP contribution in [0.3, 0.4) is 0 Å². The molecule has 0 fully saturated rings. The Bertz CT molecular complexity index is 605. The molecule has 0 radical (unpaired) electrons. The van der Waals surface area contributed by atoms with Crippen LogP contribution in [0.15, 0.2) is 46.6 Å². The number of hydrogen-bond acceptors (Lipinski definition) is 2. The van der Waals surface area contributed by atoms with Crippen LogP contribution in [-0.4, -0.2) is 26.4 Å². The van der Waals surface area contributed by atoms with E-state index in [1.807, 2.05) is 13.0 Å². The SMILES string of the molecule is CC1=CC(/C=C(C)/C=C/C2=C(C)CCCC2(C)C)S(=O)C1CO. The van der Waals surface area contributed by atoms with Crippen molar-refractivity contribution in [2.24, 2.45) is 5.41 Å². The maximum Gasteiger partial charge on any atom is 0.0795 e. The van der Waals surface area contributed by atoms with Gasteiger partial charge in [0.2, 0.25) is 0 Å². The third-order valence-corrected chi connectivity index (χ3v) is 7.02. The molecule has 0 aromatic carbocycles. The molecule has 2 aliphatic rings. The summed E-state index contributed by atoms with van der Waals surface area (Å²) in [6.45, 7) is 10.9. The lowest BCUT2D eigenvalue weighted by Gasteiger charge is -2.33. The summed E-state index contributed by atoms with van der Waals surface area (Å²) in [5, 5.41) is 9.07. The van der Waals surface area contributed by atoms with E-state index in [2.05, 4.69) is 45.9 Å². The van der Waals surface area contributed by atoms with E-state index in [4.69, 9.17) is 0 Å². The van der Waals surface area contributed by atoms with Gasteiger partial charge in [-0.3, -0.25) is 4.21 Å². The van der Waals surface area contributed by atoms with Crippen LogP contribution in [0.5, 0.6) is 0 Å². The van der Waals surface area contributed by atoms with Gasteiger partial charge in [-0.1, -0.05) is 54.9 Å². The maximum absolute atomic E-state index is 12.4. The summed E-state index contributed by atoms with van der Waals surface area (Å²) in [5.74, 6) is 0. The molecule has 0 saturated heterocycles. The van der Waals surface area contributed by atoms with Gasteiger partial charge in [-0.15, -0.1) is 0 Å². The summed E-state index contributed by atoms with van der Waals surface area (Å²) >= 11 is 0. The van der Waals surface area contributed by atoms with Gasteiger partial charge in [0.05, 0.1) is 17.1 Å². The fourth-order valence-corrected chi connectivity index (χ4v) is 5.35. The molecule has 23 heavy (non-hydrogen) atoms. The van der Waals surface area contributed by atoms with E-state index in [0.29, 0.717) is 0 Å². The van der Waals surface area contributed by atoms with E-state index < -0.39 is 10.8 Å². The van der Waals surface area contributed by atoms with Crippen LogP contribution in [0.25, 0.3) is 0 Å². The predicted molar refractivity (Wildman–Crippen MR) is 99.8 cm³/mol. The molecule has 1 aliphatic heterocycles. The van der Waals surface area contributed by atoms with Gasteiger partial charge in [-0.2, -0.15) is 0 Å². The van der Waals surface area contributed by atoms with E-state index >= 15 is 0 Å². The molecule has 0 aromatic heterocycles. The monoisotopic (exact) mass is 334 g/mol. The van der Waals surface area contributed by atoms with Gasteiger partial charge in [0, 0.05) is 10.8 Å². The molecular weight excluding hydrogens is 304 g/mol.